The van der Waals surface area contributed by atoms with Crippen LogP contribution in [-0.4, -0.2) is 55.4 Å². The molecule has 3 unspecified atom stereocenters. The second kappa shape index (κ2) is 14.8. The van der Waals surface area contributed by atoms with E-state index in [1.54, 1.807) is 7.11 Å². The molecule has 49 heavy (non-hydrogen) atoms. The minimum Gasteiger partial charge on any atom is -0.496 e. The maximum absolute atomic E-state index is 14.8. The Morgan fingerprint density at radius 3 is 2.51 bits per heavy atom. The average Bonchev–Trinajstić information content (AvgIpc) is 4.04. The molecular weight excluding hydrogens is 646 g/mol. The third-order valence-corrected chi connectivity index (χ3v) is 10.8. The molecule has 2 saturated carbocycles. The van der Waals surface area contributed by atoms with Crippen molar-refractivity contribution < 1.29 is 27.8 Å². The quantitative estimate of drug-likeness (QED) is 0.137. The fraction of sp³-hybridized carbons (Fsp3) is 0.475. The highest BCUT2D eigenvalue weighted by Gasteiger charge is 2.43. The third-order valence-electron chi connectivity index (χ3n) is 10.4. The summed E-state index contributed by atoms with van der Waals surface area (Å²) in [5, 5.41) is 3.50. The molecule has 0 aromatic heterocycles. The van der Waals surface area contributed by atoms with Crippen LogP contribution >= 0.6 is 11.6 Å². The maximum atomic E-state index is 14.8. The molecule has 1 saturated heterocycles. The summed E-state index contributed by atoms with van der Waals surface area (Å²) in [6, 6.07) is 17.0. The molecule has 0 radical (unpaired) electrons. The van der Waals surface area contributed by atoms with Gasteiger partial charge in [0.1, 0.15) is 16.6 Å². The molecular formula is C40H45ClF2N2O4. The Morgan fingerprint density at radius 2 is 1.78 bits per heavy atom. The van der Waals surface area contributed by atoms with Gasteiger partial charge in [-0.3, -0.25) is 4.79 Å². The highest BCUT2D eigenvalue weighted by atomic mass is 35.5. The minimum atomic E-state index is -0.708. The van der Waals surface area contributed by atoms with Gasteiger partial charge in [0.05, 0.1) is 19.8 Å². The van der Waals surface area contributed by atoms with Gasteiger partial charge in [0.25, 0.3) is 5.91 Å². The molecule has 1 amide bonds. The van der Waals surface area contributed by atoms with Crippen LogP contribution in [0, 0.1) is 24.5 Å². The summed E-state index contributed by atoms with van der Waals surface area (Å²) in [6.07, 6.45) is 8.81. The Labute approximate surface area is 292 Å². The van der Waals surface area contributed by atoms with Crippen LogP contribution in [0.25, 0.3) is 5.57 Å². The molecule has 2 aliphatic carbocycles. The van der Waals surface area contributed by atoms with E-state index in [0.717, 1.165) is 103 Å². The van der Waals surface area contributed by atoms with Crippen LogP contribution in [0.4, 0.5) is 8.78 Å². The van der Waals surface area contributed by atoms with Gasteiger partial charge in [-0.1, -0.05) is 48.0 Å². The largest absolute Gasteiger partial charge is 0.496 e. The Kier molecular flexibility index (Phi) is 10.3. The average molecular weight is 691 g/mol. The SMILES string of the molecule is COc1cccc(CN(C(=O)C2=C(c3ccc(CCCOc4c(F)ccc(F)c4Cl)cc3)CC3CC(COC4CC4)CC2N3)C2CC2)c1C. The number of aryl methyl sites for hydroxylation is 1. The van der Waals surface area contributed by atoms with E-state index in [9.17, 15) is 13.6 Å². The van der Waals surface area contributed by atoms with E-state index in [1.807, 2.05) is 12.1 Å². The van der Waals surface area contributed by atoms with E-state index < -0.39 is 11.6 Å². The molecule has 2 heterocycles. The van der Waals surface area contributed by atoms with Crippen molar-refractivity contribution in [2.24, 2.45) is 5.92 Å². The number of carbonyl (C=O) groups is 1. The smallest absolute Gasteiger partial charge is 0.252 e. The van der Waals surface area contributed by atoms with Gasteiger partial charge in [0.15, 0.2) is 11.6 Å². The standard InChI is InChI=1S/C40H45ClF2N2O4/c1-24-28(6-3-7-36(24)47-2)22-45(30-12-13-30)40(46)37-32(21-29-19-26(20-35(37)44-29)23-49-31-14-15-31)27-10-8-25(9-11-27)5-4-18-48-39-34(43)17-16-33(42)38(39)41/h3,6-11,16-17,26,29-31,35,44H,4-5,12-15,18-23H2,1-2H3. The van der Waals surface area contributed by atoms with Crippen molar-refractivity contribution in [2.75, 3.05) is 20.3 Å². The predicted molar refractivity (Wildman–Crippen MR) is 187 cm³/mol. The number of nitrogens with one attached hydrogen (secondary N) is 1. The number of methoxy groups -OCH3 is 1. The molecule has 6 nitrogen and oxygen atoms in total. The predicted octanol–water partition coefficient (Wildman–Crippen LogP) is 8.21. The summed E-state index contributed by atoms with van der Waals surface area (Å²) < 4.78 is 45.1. The number of halogens is 3. The number of hydrogen-bond donors (Lipinski definition) is 1. The molecule has 2 bridgehead atoms. The van der Waals surface area contributed by atoms with E-state index in [1.165, 1.54) is 0 Å². The van der Waals surface area contributed by atoms with Gasteiger partial charge >= 0.3 is 0 Å². The summed E-state index contributed by atoms with van der Waals surface area (Å²) in [4.78, 5) is 16.9. The first-order valence-corrected chi connectivity index (χ1v) is 18.1. The number of nitrogens with zero attached hydrogens (tertiary/aromatic N) is 1. The van der Waals surface area contributed by atoms with Crippen molar-refractivity contribution in [3.8, 4) is 11.5 Å². The second-order valence-electron chi connectivity index (χ2n) is 14.1. The zero-order valence-electron chi connectivity index (χ0n) is 28.3. The molecule has 7 rings (SSSR count). The molecule has 2 aliphatic heterocycles. The van der Waals surface area contributed by atoms with Crippen LogP contribution in [0.3, 0.4) is 0 Å². The van der Waals surface area contributed by atoms with Gasteiger partial charge in [-0.2, -0.15) is 0 Å². The van der Waals surface area contributed by atoms with E-state index in [-0.39, 0.29) is 35.4 Å². The molecule has 9 heteroatoms. The summed E-state index contributed by atoms with van der Waals surface area (Å²) in [6.45, 7) is 3.59. The van der Waals surface area contributed by atoms with Crippen LogP contribution in [-0.2, 0) is 22.5 Å². The summed E-state index contributed by atoms with van der Waals surface area (Å²) >= 11 is 5.91. The number of fused-ring (bicyclic) bond motifs is 2. The van der Waals surface area contributed by atoms with Gasteiger partial charge in [0.2, 0.25) is 0 Å². The molecule has 3 aromatic rings. The summed E-state index contributed by atoms with van der Waals surface area (Å²) in [7, 11) is 1.69. The molecule has 3 atom stereocenters. The van der Waals surface area contributed by atoms with Crippen molar-refractivity contribution in [3.05, 3.63) is 99.1 Å². The van der Waals surface area contributed by atoms with Crippen LogP contribution < -0.4 is 14.8 Å². The lowest BCUT2D eigenvalue weighted by Gasteiger charge is -2.43. The van der Waals surface area contributed by atoms with Crippen molar-refractivity contribution in [3.63, 3.8) is 0 Å². The van der Waals surface area contributed by atoms with E-state index >= 15 is 0 Å². The van der Waals surface area contributed by atoms with Crippen molar-refractivity contribution in [2.45, 2.75) is 95.5 Å². The van der Waals surface area contributed by atoms with Crippen molar-refractivity contribution >= 4 is 23.1 Å². The highest BCUT2D eigenvalue weighted by molar-refractivity contribution is 6.32. The topological polar surface area (TPSA) is 60.0 Å². The Hall–Kier alpha value is -3.46. The van der Waals surface area contributed by atoms with E-state index in [4.69, 9.17) is 25.8 Å². The van der Waals surface area contributed by atoms with E-state index in [2.05, 4.69) is 47.5 Å². The first-order chi connectivity index (χ1) is 23.8. The monoisotopic (exact) mass is 690 g/mol. The highest BCUT2D eigenvalue weighted by Crippen LogP contribution is 2.42. The zero-order chi connectivity index (χ0) is 34.1. The molecule has 3 aromatic carbocycles. The van der Waals surface area contributed by atoms with Crippen LogP contribution in [0.5, 0.6) is 11.5 Å². The number of carbonyl (C=O) groups excluding carboxylic acids is 1. The normalized spacial score (nSPS) is 21.9. The van der Waals surface area contributed by atoms with Crippen molar-refractivity contribution in [1.82, 2.24) is 10.2 Å². The Balaban J connectivity index is 1.11. The third kappa shape index (κ3) is 7.82. The zero-order valence-corrected chi connectivity index (χ0v) is 29.0. The van der Waals surface area contributed by atoms with E-state index in [0.29, 0.717) is 37.5 Å². The number of amides is 1. The van der Waals surface area contributed by atoms with Gasteiger partial charge in [-0.25, -0.2) is 8.78 Å². The Morgan fingerprint density at radius 1 is 1.00 bits per heavy atom. The summed E-state index contributed by atoms with van der Waals surface area (Å²) in [5.41, 5.74) is 6.40. The van der Waals surface area contributed by atoms with Gasteiger partial charge < -0.3 is 24.4 Å². The Bertz CT molecular complexity index is 1710. The molecule has 260 valence electrons. The number of ether oxygens (including phenoxy) is 3. The van der Waals surface area contributed by atoms with Crippen LogP contribution in [0.1, 0.15) is 73.6 Å². The maximum Gasteiger partial charge on any atom is 0.252 e. The lowest BCUT2D eigenvalue weighted by atomic mass is 9.75. The van der Waals surface area contributed by atoms with Gasteiger partial charge in [-0.05, 0) is 117 Å². The lowest BCUT2D eigenvalue weighted by molar-refractivity contribution is -0.129. The number of rotatable bonds is 14. The van der Waals surface area contributed by atoms with Crippen LogP contribution in [0.2, 0.25) is 5.02 Å². The lowest BCUT2D eigenvalue weighted by Crippen LogP contribution is -2.53. The first-order valence-electron chi connectivity index (χ1n) is 17.7. The molecule has 1 N–H and O–H groups in total. The van der Waals surface area contributed by atoms with Gasteiger partial charge in [0, 0.05) is 36.9 Å². The fourth-order valence-corrected chi connectivity index (χ4v) is 7.67. The fourth-order valence-electron chi connectivity index (χ4n) is 7.46. The summed E-state index contributed by atoms with van der Waals surface area (Å²) in [5.74, 6) is -0.242. The van der Waals surface area contributed by atoms with Crippen LogP contribution in [0.15, 0.2) is 60.2 Å². The first kappa shape index (κ1) is 34.0. The van der Waals surface area contributed by atoms with Crippen molar-refractivity contribution in [1.29, 1.82) is 0 Å². The van der Waals surface area contributed by atoms with Gasteiger partial charge in [-0.15, -0.1) is 0 Å². The molecule has 4 aliphatic rings. The number of piperidine rings is 1. The molecule has 0 spiro atoms. The number of hydrogen-bond acceptors (Lipinski definition) is 5. The number of benzene rings is 3. The molecule has 3 fully saturated rings. The second-order valence-corrected chi connectivity index (χ2v) is 14.5. The minimum absolute atomic E-state index is 0.0256.